The molecule has 1 fully saturated rings. The zero-order chi connectivity index (χ0) is 12.8. The Kier molecular flexibility index (Phi) is 4.81. The van der Waals surface area contributed by atoms with E-state index in [0.29, 0.717) is 6.04 Å². The summed E-state index contributed by atoms with van der Waals surface area (Å²) in [6, 6.07) is 4.08. The van der Waals surface area contributed by atoms with E-state index in [9.17, 15) is 4.79 Å². The maximum absolute atomic E-state index is 11.6. The zero-order valence-corrected chi connectivity index (χ0v) is 11.1. The molecule has 0 saturated carbocycles. The maximum atomic E-state index is 11.6. The Balaban J connectivity index is 1.92. The summed E-state index contributed by atoms with van der Waals surface area (Å²) in [5.74, 6) is 0. The molecule has 18 heavy (non-hydrogen) atoms. The van der Waals surface area contributed by atoms with E-state index in [1.54, 1.807) is 10.6 Å². The number of rotatable bonds is 5. The molecule has 1 aliphatic rings. The number of nitrogens with one attached hydrogen (secondary N) is 2. The molecule has 0 aliphatic carbocycles. The van der Waals surface area contributed by atoms with Gasteiger partial charge in [-0.15, -0.1) is 0 Å². The Morgan fingerprint density at radius 3 is 3.06 bits per heavy atom. The van der Waals surface area contributed by atoms with Gasteiger partial charge < -0.3 is 15.2 Å². The minimum Gasteiger partial charge on any atom is -0.382 e. The van der Waals surface area contributed by atoms with Gasteiger partial charge in [0, 0.05) is 31.4 Å². The number of nitrogens with zero attached hydrogens (tertiary/aromatic N) is 1. The molecule has 100 valence electrons. The van der Waals surface area contributed by atoms with E-state index in [-0.39, 0.29) is 5.56 Å². The predicted molar refractivity (Wildman–Crippen MR) is 75.1 cm³/mol. The summed E-state index contributed by atoms with van der Waals surface area (Å²) in [5, 5.41) is 6.93. The number of hydrogen-bond acceptors (Lipinski definition) is 3. The van der Waals surface area contributed by atoms with E-state index in [2.05, 4.69) is 17.6 Å². The molecule has 0 spiro atoms. The first-order chi connectivity index (χ1) is 8.79. The molecule has 4 heteroatoms. The van der Waals surface area contributed by atoms with Gasteiger partial charge in [0.1, 0.15) is 0 Å². The van der Waals surface area contributed by atoms with Crippen molar-refractivity contribution in [3.8, 4) is 0 Å². The van der Waals surface area contributed by atoms with Crippen LogP contribution in [0, 0.1) is 0 Å². The fourth-order valence-electron chi connectivity index (χ4n) is 2.39. The van der Waals surface area contributed by atoms with Crippen molar-refractivity contribution in [1.29, 1.82) is 0 Å². The second-order valence-electron chi connectivity index (χ2n) is 4.98. The molecule has 0 aromatic carbocycles. The largest absolute Gasteiger partial charge is 0.382 e. The standard InChI is InChI=1S/C14H23N3O/c1-2-9-17-11-13(6-7-14(17)18)16-10-12-5-3-4-8-15-12/h6-7,11-12,15-16H,2-5,8-10H2,1H3. The molecule has 0 amide bonds. The summed E-state index contributed by atoms with van der Waals surface area (Å²) >= 11 is 0. The van der Waals surface area contributed by atoms with Crippen molar-refractivity contribution in [1.82, 2.24) is 9.88 Å². The molecule has 0 bridgehead atoms. The lowest BCUT2D eigenvalue weighted by molar-refractivity contribution is 0.414. The van der Waals surface area contributed by atoms with Crippen molar-refractivity contribution in [3.05, 3.63) is 28.7 Å². The molecule has 1 aromatic heterocycles. The van der Waals surface area contributed by atoms with E-state index in [4.69, 9.17) is 0 Å². The summed E-state index contributed by atoms with van der Waals surface area (Å²) < 4.78 is 1.77. The van der Waals surface area contributed by atoms with Gasteiger partial charge in [0.05, 0.1) is 5.69 Å². The first kappa shape index (κ1) is 13.1. The second-order valence-corrected chi connectivity index (χ2v) is 4.98. The summed E-state index contributed by atoms with van der Waals surface area (Å²) in [7, 11) is 0. The van der Waals surface area contributed by atoms with Gasteiger partial charge in [-0.05, 0) is 31.9 Å². The van der Waals surface area contributed by atoms with Crippen molar-refractivity contribution in [2.24, 2.45) is 0 Å². The highest BCUT2D eigenvalue weighted by atomic mass is 16.1. The molecule has 1 atom stereocenters. The van der Waals surface area contributed by atoms with Crippen molar-refractivity contribution >= 4 is 5.69 Å². The van der Waals surface area contributed by atoms with Crippen molar-refractivity contribution < 1.29 is 0 Å². The summed E-state index contributed by atoms with van der Waals surface area (Å²) in [5.41, 5.74) is 1.12. The molecule has 4 nitrogen and oxygen atoms in total. The van der Waals surface area contributed by atoms with E-state index in [1.807, 2.05) is 12.3 Å². The van der Waals surface area contributed by atoms with Gasteiger partial charge >= 0.3 is 0 Å². The van der Waals surface area contributed by atoms with Crippen LogP contribution in [-0.2, 0) is 6.54 Å². The minimum absolute atomic E-state index is 0.0817. The van der Waals surface area contributed by atoms with Gasteiger partial charge in [-0.1, -0.05) is 13.3 Å². The fraction of sp³-hybridized carbons (Fsp3) is 0.643. The van der Waals surface area contributed by atoms with Crippen LogP contribution in [0.4, 0.5) is 5.69 Å². The monoisotopic (exact) mass is 249 g/mol. The lowest BCUT2D eigenvalue weighted by Gasteiger charge is -2.24. The lowest BCUT2D eigenvalue weighted by atomic mass is 10.1. The molecule has 2 heterocycles. The minimum atomic E-state index is 0.0817. The molecule has 1 unspecified atom stereocenters. The van der Waals surface area contributed by atoms with E-state index in [0.717, 1.165) is 31.7 Å². The number of piperidine rings is 1. The smallest absolute Gasteiger partial charge is 0.250 e. The third kappa shape index (κ3) is 3.60. The van der Waals surface area contributed by atoms with Crippen LogP contribution < -0.4 is 16.2 Å². The van der Waals surface area contributed by atoms with Crippen LogP contribution >= 0.6 is 0 Å². The van der Waals surface area contributed by atoms with Gasteiger partial charge in [0.2, 0.25) is 0 Å². The van der Waals surface area contributed by atoms with E-state index >= 15 is 0 Å². The second kappa shape index (κ2) is 6.59. The predicted octanol–water partition coefficient (Wildman–Crippen LogP) is 1.81. The highest BCUT2D eigenvalue weighted by molar-refractivity contribution is 5.40. The molecular weight excluding hydrogens is 226 g/mol. The number of aryl methyl sites for hydroxylation is 1. The summed E-state index contributed by atoms with van der Waals surface area (Å²) in [6.45, 7) is 4.93. The third-order valence-corrected chi connectivity index (χ3v) is 3.41. The highest BCUT2D eigenvalue weighted by Crippen LogP contribution is 2.09. The highest BCUT2D eigenvalue weighted by Gasteiger charge is 2.11. The molecule has 1 aliphatic heterocycles. The zero-order valence-electron chi connectivity index (χ0n) is 11.1. The summed E-state index contributed by atoms with van der Waals surface area (Å²) in [6.07, 6.45) is 6.75. The third-order valence-electron chi connectivity index (χ3n) is 3.41. The van der Waals surface area contributed by atoms with Gasteiger partial charge in [-0.25, -0.2) is 0 Å². The van der Waals surface area contributed by atoms with Crippen molar-refractivity contribution in [2.45, 2.75) is 45.2 Å². The Morgan fingerprint density at radius 2 is 2.33 bits per heavy atom. The van der Waals surface area contributed by atoms with Crippen LogP contribution in [0.15, 0.2) is 23.1 Å². The fourth-order valence-corrected chi connectivity index (χ4v) is 2.39. The molecule has 2 N–H and O–H groups in total. The maximum Gasteiger partial charge on any atom is 0.250 e. The van der Waals surface area contributed by atoms with Crippen LogP contribution in [0.2, 0.25) is 0 Å². The molecular formula is C14H23N3O. The van der Waals surface area contributed by atoms with Crippen LogP contribution in [-0.4, -0.2) is 23.7 Å². The van der Waals surface area contributed by atoms with Crippen LogP contribution in [0.3, 0.4) is 0 Å². The van der Waals surface area contributed by atoms with Gasteiger partial charge in [-0.3, -0.25) is 4.79 Å². The van der Waals surface area contributed by atoms with Crippen LogP contribution in [0.5, 0.6) is 0 Å². The van der Waals surface area contributed by atoms with Gasteiger partial charge in [-0.2, -0.15) is 0 Å². The van der Waals surface area contributed by atoms with Crippen LogP contribution in [0.1, 0.15) is 32.6 Å². The van der Waals surface area contributed by atoms with Crippen LogP contribution in [0.25, 0.3) is 0 Å². The molecule has 1 saturated heterocycles. The topological polar surface area (TPSA) is 46.1 Å². The van der Waals surface area contributed by atoms with Crippen molar-refractivity contribution in [2.75, 3.05) is 18.4 Å². The number of aromatic nitrogens is 1. The number of pyridine rings is 1. The Morgan fingerprint density at radius 1 is 1.44 bits per heavy atom. The summed E-state index contributed by atoms with van der Waals surface area (Å²) in [4.78, 5) is 11.6. The quantitative estimate of drug-likeness (QED) is 0.836. The first-order valence-corrected chi connectivity index (χ1v) is 6.97. The number of anilines is 1. The van der Waals surface area contributed by atoms with Gasteiger partial charge in [0.15, 0.2) is 0 Å². The first-order valence-electron chi connectivity index (χ1n) is 6.97. The molecule has 0 radical (unpaired) electrons. The molecule has 2 rings (SSSR count). The SMILES string of the molecule is CCCn1cc(NCC2CCCCN2)ccc1=O. The average Bonchev–Trinajstić information content (AvgIpc) is 2.41. The lowest BCUT2D eigenvalue weighted by Crippen LogP contribution is -2.39. The Labute approximate surface area is 108 Å². The van der Waals surface area contributed by atoms with E-state index < -0.39 is 0 Å². The Bertz CT molecular complexity index is 421. The van der Waals surface area contributed by atoms with Gasteiger partial charge in [0.25, 0.3) is 5.56 Å². The Hall–Kier alpha value is -1.29. The molecule has 1 aromatic rings. The van der Waals surface area contributed by atoms with E-state index in [1.165, 1.54) is 19.3 Å². The average molecular weight is 249 g/mol. The van der Waals surface area contributed by atoms with Crippen molar-refractivity contribution in [3.63, 3.8) is 0 Å². The number of hydrogen-bond donors (Lipinski definition) is 2. The normalized spacial score (nSPS) is 19.7.